The van der Waals surface area contributed by atoms with E-state index in [4.69, 9.17) is 14.9 Å². The summed E-state index contributed by atoms with van der Waals surface area (Å²) in [6.07, 6.45) is 0. The number of nitrogens with two attached hydrogens (primary N) is 1. The van der Waals surface area contributed by atoms with Crippen molar-refractivity contribution in [1.29, 1.82) is 0 Å². The highest BCUT2D eigenvalue weighted by atomic mass is 16.5. The van der Waals surface area contributed by atoms with E-state index in [1.54, 1.807) is 19.9 Å². The molecular formula is C17H17N5O3. The van der Waals surface area contributed by atoms with Gasteiger partial charge in [-0.15, -0.1) is 0 Å². The van der Waals surface area contributed by atoms with Crippen molar-refractivity contribution in [2.24, 2.45) is 0 Å². The number of ether oxygens (including phenoxy) is 1. The van der Waals surface area contributed by atoms with E-state index >= 15 is 0 Å². The van der Waals surface area contributed by atoms with Gasteiger partial charge in [-0.05, 0) is 32.0 Å². The van der Waals surface area contributed by atoms with Gasteiger partial charge >= 0.3 is 5.97 Å². The molecule has 2 heterocycles. The fraction of sp³-hybridized carbons (Fsp3) is 0.176. The molecule has 3 aromatic rings. The SMILES string of the molecule is Cc1cc(C(=O)OCc2nc(N)nc(Nc3ccccc3)n2)c(C)o1. The minimum Gasteiger partial charge on any atom is -0.466 e. The number of rotatable bonds is 5. The van der Waals surface area contributed by atoms with Gasteiger partial charge in [0.2, 0.25) is 11.9 Å². The number of nitrogen functional groups attached to an aromatic ring is 1. The lowest BCUT2D eigenvalue weighted by atomic mass is 10.2. The van der Waals surface area contributed by atoms with Crippen LogP contribution in [0.15, 0.2) is 40.8 Å². The third-order valence-corrected chi connectivity index (χ3v) is 3.32. The van der Waals surface area contributed by atoms with Crippen molar-refractivity contribution in [2.75, 3.05) is 11.1 Å². The van der Waals surface area contributed by atoms with Gasteiger partial charge in [0.1, 0.15) is 17.1 Å². The molecule has 0 unspecified atom stereocenters. The Hall–Kier alpha value is -3.42. The van der Waals surface area contributed by atoms with Crippen molar-refractivity contribution < 1.29 is 13.9 Å². The molecule has 8 nitrogen and oxygen atoms in total. The van der Waals surface area contributed by atoms with Gasteiger partial charge in [0.25, 0.3) is 0 Å². The Morgan fingerprint density at radius 2 is 1.96 bits per heavy atom. The summed E-state index contributed by atoms with van der Waals surface area (Å²) in [4.78, 5) is 24.3. The van der Waals surface area contributed by atoms with Crippen LogP contribution in [0, 0.1) is 13.8 Å². The van der Waals surface area contributed by atoms with Crippen LogP contribution >= 0.6 is 0 Å². The summed E-state index contributed by atoms with van der Waals surface area (Å²) in [5.74, 6) is 1.20. The van der Waals surface area contributed by atoms with E-state index in [1.807, 2.05) is 30.3 Å². The fourth-order valence-corrected chi connectivity index (χ4v) is 2.25. The Morgan fingerprint density at radius 3 is 2.64 bits per heavy atom. The second-order valence-corrected chi connectivity index (χ2v) is 5.33. The number of carbonyl (C=O) groups excluding carboxylic acids is 1. The van der Waals surface area contributed by atoms with Gasteiger partial charge in [-0.3, -0.25) is 0 Å². The average Bonchev–Trinajstić information content (AvgIpc) is 2.91. The van der Waals surface area contributed by atoms with Crippen molar-refractivity contribution in [1.82, 2.24) is 15.0 Å². The summed E-state index contributed by atoms with van der Waals surface area (Å²) in [6, 6.07) is 11.0. The quantitative estimate of drug-likeness (QED) is 0.682. The molecular weight excluding hydrogens is 322 g/mol. The standard InChI is InChI=1S/C17H17N5O3/c1-10-8-13(11(2)25-10)15(23)24-9-14-20-16(18)22-17(21-14)19-12-6-4-3-5-7-12/h3-8H,9H2,1-2H3,(H3,18,19,20,21,22). The minimum atomic E-state index is -0.508. The topological polar surface area (TPSA) is 116 Å². The van der Waals surface area contributed by atoms with Crippen LogP contribution < -0.4 is 11.1 Å². The highest BCUT2D eigenvalue weighted by Crippen LogP contribution is 2.16. The van der Waals surface area contributed by atoms with Gasteiger partial charge in [-0.25, -0.2) is 4.79 Å². The van der Waals surface area contributed by atoms with Gasteiger partial charge in [-0.1, -0.05) is 18.2 Å². The highest BCUT2D eigenvalue weighted by Gasteiger charge is 2.16. The molecule has 8 heteroatoms. The molecule has 0 radical (unpaired) electrons. The summed E-state index contributed by atoms with van der Waals surface area (Å²) < 4.78 is 10.6. The third kappa shape index (κ3) is 4.11. The van der Waals surface area contributed by atoms with Crippen molar-refractivity contribution in [2.45, 2.75) is 20.5 Å². The first-order valence-corrected chi connectivity index (χ1v) is 7.58. The maximum absolute atomic E-state index is 12.1. The number of benzene rings is 1. The van der Waals surface area contributed by atoms with Gasteiger partial charge in [0.15, 0.2) is 12.4 Å². The zero-order chi connectivity index (χ0) is 17.8. The van der Waals surface area contributed by atoms with Gasteiger partial charge in [0, 0.05) is 5.69 Å². The lowest BCUT2D eigenvalue weighted by molar-refractivity contribution is 0.0460. The number of nitrogens with one attached hydrogen (secondary N) is 1. The average molecular weight is 339 g/mol. The van der Waals surface area contributed by atoms with E-state index in [1.165, 1.54) is 0 Å². The smallest absolute Gasteiger partial charge is 0.342 e. The summed E-state index contributed by atoms with van der Waals surface area (Å²) in [5, 5.41) is 3.02. The molecule has 3 N–H and O–H groups in total. The summed E-state index contributed by atoms with van der Waals surface area (Å²) in [7, 11) is 0. The predicted octanol–water partition coefficient (Wildman–Crippen LogP) is 2.76. The molecule has 0 aliphatic heterocycles. The molecule has 25 heavy (non-hydrogen) atoms. The molecule has 0 saturated heterocycles. The predicted molar refractivity (Wildman–Crippen MR) is 91.3 cm³/mol. The summed E-state index contributed by atoms with van der Waals surface area (Å²) in [6.45, 7) is 3.34. The zero-order valence-corrected chi connectivity index (χ0v) is 13.8. The number of furan rings is 1. The van der Waals surface area contributed by atoms with Crippen LogP contribution in [-0.4, -0.2) is 20.9 Å². The number of nitrogens with zero attached hydrogens (tertiary/aromatic N) is 3. The van der Waals surface area contributed by atoms with E-state index < -0.39 is 5.97 Å². The van der Waals surface area contributed by atoms with Crippen molar-refractivity contribution in [3.05, 3.63) is 59.3 Å². The van der Waals surface area contributed by atoms with Gasteiger partial charge < -0.3 is 20.2 Å². The molecule has 0 spiro atoms. The molecule has 1 aromatic carbocycles. The number of carbonyl (C=O) groups is 1. The Morgan fingerprint density at radius 1 is 1.20 bits per heavy atom. The van der Waals surface area contributed by atoms with Crippen LogP contribution in [0.1, 0.15) is 27.7 Å². The Labute approximate surface area is 144 Å². The zero-order valence-electron chi connectivity index (χ0n) is 13.8. The summed E-state index contributed by atoms with van der Waals surface area (Å²) >= 11 is 0. The lowest BCUT2D eigenvalue weighted by Crippen LogP contribution is -2.11. The van der Waals surface area contributed by atoms with Gasteiger partial charge in [0.05, 0.1) is 0 Å². The van der Waals surface area contributed by atoms with Crippen LogP contribution in [0.3, 0.4) is 0 Å². The largest absolute Gasteiger partial charge is 0.466 e. The van der Waals surface area contributed by atoms with E-state index in [0.29, 0.717) is 17.1 Å². The van der Waals surface area contributed by atoms with E-state index in [0.717, 1.165) is 5.69 Å². The highest BCUT2D eigenvalue weighted by molar-refractivity contribution is 5.90. The Balaban J connectivity index is 1.70. The number of hydrogen-bond acceptors (Lipinski definition) is 8. The first kappa shape index (κ1) is 16.4. The maximum Gasteiger partial charge on any atom is 0.342 e. The number of anilines is 3. The van der Waals surface area contributed by atoms with Crippen molar-refractivity contribution in [3.63, 3.8) is 0 Å². The third-order valence-electron chi connectivity index (χ3n) is 3.32. The molecule has 0 fully saturated rings. The van der Waals surface area contributed by atoms with Crippen LogP contribution in [0.25, 0.3) is 0 Å². The van der Waals surface area contributed by atoms with Crippen molar-refractivity contribution >= 4 is 23.6 Å². The first-order chi connectivity index (χ1) is 12.0. The van der Waals surface area contributed by atoms with E-state index in [-0.39, 0.29) is 24.3 Å². The molecule has 0 bridgehead atoms. The molecule has 0 atom stereocenters. The number of esters is 1. The molecule has 128 valence electrons. The Bertz CT molecular complexity index is 893. The number of para-hydroxylation sites is 1. The molecule has 0 amide bonds. The van der Waals surface area contributed by atoms with Crippen LogP contribution in [-0.2, 0) is 11.3 Å². The lowest BCUT2D eigenvalue weighted by Gasteiger charge is -2.07. The fourth-order valence-electron chi connectivity index (χ4n) is 2.25. The van der Waals surface area contributed by atoms with Crippen LogP contribution in [0.5, 0.6) is 0 Å². The second-order valence-electron chi connectivity index (χ2n) is 5.33. The Kier molecular flexibility index (Phi) is 4.60. The van der Waals surface area contributed by atoms with E-state index in [9.17, 15) is 4.79 Å². The van der Waals surface area contributed by atoms with E-state index in [2.05, 4.69) is 20.3 Å². The number of aryl methyl sites for hydroxylation is 2. The molecule has 3 rings (SSSR count). The van der Waals surface area contributed by atoms with Crippen LogP contribution in [0.4, 0.5) is 17.6 Å². The number of hydrogen-bond donors (Lipinski definition) is 2. The molecule has 0 aliphatic carbocycles. The molecule has 2 aromatic heterocycles. The molecule has 0 saturated carbocycles. The van der Waals surface area contributed by atoms with Crippen LogP contribution in [0.2, 0.25) is 0 Å². The monoisotopic (exact) mass is 339 g/mol. The second kappa shape index (κ2) is 7.00. The van der Waals surface area contributed by atoms with Crippen molar-refractivity contribution in [3.8, 4) is 0 Å². The first-order valence-electron chi connectivity index (χ1n) is 7.58. The molecule has 0 aliphatic rings. The van der Waals surface area contributed by atoms with Gasteiger partial charge in [-0.2, -0.15) is 15.0 Å². The normalized spacial score (nSPS) is 10.5. The summed E-state index contributed by atoms with van der Waals surface area (Å²) in [5.41, 5.74) is 6.88. The minimum absolute atomic E-state index is 0.0369. The number of aromatic nitrogens is 3. The maximum atomic E-state index is 12.1.